The molecule has 1 aromatic carbocycles. The maximum Gasteiger partial charge on any atom is 0.350 e. The molecule has 0 bridgehead atoms. The van der Waals surface area contributed by atoms with Crippen LogP contribution in [0.4, 0.5) is 9.93 Å². The summed E-state index contributed by atoms with van der Waals surface area (Å²) in [5.74, 6) is -11.3. The number of thiazole rings is 1. The number of halogens is 1. The molecule has 3 aliphatic heterocycles. The number of benzene rings is 1. The molecule has 0 aliphatic carbocycles. The molecule has 56 heavy (non-hydrogen) atoms. The molecule has 0 unspecified atom stereocenters. The van der Waals surface area contributed by atoms with E-state index >= 15 is 0 Å². The Morgan fingerprint density at radius 1 is 1.14 bits per heavy atom. The molecule has 21 nitrogen and oxygen atoms in total. The number of hydrogen-bond acceptors (Lipinski definition) is 17. The molecular formula is C32H34ClN7O14S2. The third kappa shape index (κ3) is 7.79. The van der Waals surface area contributed by atoms with Gasteiger partial charge in [-0.1, -0.05) is 28.5 Å². The minimum Gasteiger partial charge on any atom is -0.504 e. The first-order chi connectivity index (χ1) is 26.2. The van der Waals surface area contributed by atoms with Crippen molar-refractivity contribution in [3.05, 3.63) is 33.8 Å². The highest BCUT2D eigenvalue weighted by atomic mass is 35.5. The van der Waals surface area contributed by atoms with Gasteiger partial charge in [0.25, 0.3) is 0 Å². The third-order valence-corrected chi connectivity index (χ3v) is 11.8. The number of phenols is 2. The summed E-state index contributed by atoms with van der Waals surface area (Å²) in [5.41, 5.74) is 5.34. The Morgan fingerprint density at radius 3 is 2.45 bits per heavy atom. The van der Waals surface area contributed by atoms with Gasteiger partial charge < -0.3 is 40.6 Å². The van der Waals surface area contributed by atoms with Gasteiger partial charge in [0.15, 0.2) is 28.1 Å². The number of fused-ring (bicyclic) bond motifs is 1. The number of β-lactam (4-membered cyclic amide) rings is 1. The van der Waals surface area contributed by atoms with Crippen molar-refractivity contribution in [2.24, 2.45) is 17.0 Å². The molecule has 1 aromatic heterocycles. The minimum atomic E-state index is -2.05. The highest BCUT2D eigenvalue weighted by Gasteiger charge is 2.66. The molecule has 7 N–H and O–H groups in total. The van der Waals surface area contributed by atoms with E-state index in [-0.39, 0.29) is 30.5 Å². The summed E-state index contributed by atoms with van der Waals surface area (Å²) in [5, 5.41) is 43.8. The number of carbonyl (C=O) groups excluding carboxylic acids is 6. The number of carboxylic acids is 2. The first-order valence-electron chi connectivity index (χ1n) is 16.4. The van der Waals surface area contributed by atoms with Crippen LogP contribution in [0.15, 0.2) is 22.7 Å². The lowest BCUT2D eigenvalue weighted by atomic mass is 9.90. The van der Waals surface area contributed by atoms with Crippen molar-refractivity contribution in [3.8, 4) is 11.5 Å². The summed E-state index contributed by atoms with van der Waals surface area (Å²) in [6.45, 7) is 1.09. The van der Waals surface area contributed by atoms with E-state index in [2.05, 4.69) is 15.6 Å². The van der Waals surface area contributed by atoms with Gasteiger partial charge in [0.05, 0.1) is 41.9 Å². The smallest absolute Gasteiger partial charge is 0.350 e. The van der Waals surface area contributed by atoms with E-state index in [0.717, 1.165) is 45.1 Å². The molecule has 3 saturated heterocycles. The summed E-state index contributed by atoms with van der Waals surface area (Å²) in [4.78, 5) is 113. The predicted octanol–water partition coefficient (Wildman–Crippen LogP) is 0.519. The van der Waals surface area contributed by atoms with E-state index in [0.29, 0.717) is 0 Å². The Morgan fingerprint density at radius 2 is 1.84 bits per heavy atom. The number of carboxylic acid groups (broad SMARTS) is 2. The van der Waals surface area contributed by atoms with Gasteiger partial charge in [-0.2, -0.15) is 0 Å². The second-order valence-electron chi connectivity index (χ2n) is 13.2. The number of carbonyl (C=O) groups is 8. The fraction of sp³-hybridized carbons (Fsp3) is 0.438. The molecule has 4 heterocycles. The van der Waals surface area contributed by atoms with E-state index in [1.807, 2.05) is 0 Å². The molecule has 3 aliphatic rings. The van der Waals surface area contributed by atoms with Crippen molar-refractivity contribution in [2.75, 3.05) is 39.1 Å². The highest BCUT2D eigenvalue weighted by Crippen LogP contribution is 2.53. The lowest BCUT2D eigenvalue weighted by Gasteiger charge is -2.40. The zero-order valence-corrected chi connectivity index (χ0v) is 32.0. The number of nitrogen functional groups attached to an aromatic ring is 1. The Labute approximate surface area is 329 Å². The number of aromatic nitrogens is 1. The largest absolute Gasteiger partial charge is 0.504 e. The Balaban J connectivity index is 1.27. The fourth-order valence-electron chi connectivity index (χ4n) is 5.90. The highest BCUT2D eigenvalue weighted by molar-refractivity contribution is 8.02. The van der Waals surface area contributed by atoms with E-state index in [1.165, 1.54) is 31.2 Å². The number of ether oxygens (including phenoxy) is 1. The van der Waals surface area contributed by atoms with E-state index in [9.17, 15) is 58.8 Å². The fourth-order valence-corrected chi connectivity index (χ4v) is 8.39. The summed E-state index contributed by atoms with van der Waals surface area (Å²) < 4.78 is 5.04. The molecule has 5 rings (SSSR count). The normalized spacial score (nSPS) is 21.4. The van der Waals surface area contributed by atoms with Crippen molar-refractivity contribution < 1.29 is 68.4 Å². The molecule has 24 heteroatoms. The van der Waals surface area contributed by atoms with Crippen LogP contribution in [0.25, 0.3) is 0 Å². The number of oxime groups is 1. The van der Waals surface area contributed by atoms with Crippen LogP contribution in [0.2, 0.25) is 5.02 Å². The average Bonchev–Trinajstić information content (AvgIpc) is 3.84. The summed E-state index contributed by atoms with van der Waals surface area (Å²) in [6, 6.07) is 1.00. The second-order valence-corrected chi connectivity index (χ2v) is 15.8. The molecule has 300 valence electrons. The SMILES string of the molecule is COC[C@@H](CC(=O)C(=O)c1ccc(O)c(O)c1Cl)C(=O)NN1CCN([C@]2(C(=O)O)CN3C(=O)[C@@H](CC(=O)/C(=N\OC(C)(C)C(=O)O)c4csc(N)n4)[C@H]3S2)C1=O. The standard InChI is InChI=1S/C32H34ClN7O14S2/c1-31(2,27(48)49)54-37-21(16-11-55-29(34)35-16)18(42)9-15-25(47)38-12-32(28(50)51,56-26(15)38)39-6-7-40(30(39)52)36-24(46)13(10-53-3)8-19(43)22(44)14-4-5-17(41)23(45)20(14)33/h4-5,11,13,15,26,41,45H,6-10,12H2,1-3H3,(H2,34,35)(H,36,46)(H,48,49)(H,50,51)/b37-21-/t13-,15-,26-,32-/m1/s1. The zero-order valence-electron chi connectivity index (χ0n) is 29.6. The molecular weight excluding hydrogens is 806 g/mol. The topological polar surface area (TPSA) is 309 Å². The lowest BCUT2D eigenvalue weighted by Crippen LogP contribution is -2.60. The van der Waals surface area contributed by atoms with Gasteiger partial charge in [-0.3, -0.25) is 34.3 Å². The number of aromatic hydroxyl groups is 2. The first-order valence-corrected chi connectivity index (χ1v) is 18.5. The summed E-state index contributed by atoms with van der Waals surface area (Å²) in [7, 11) is 1.22. The van der Waals surface area contributed by atoms with Crippen LogP contribution in [0.5, 0.6) is 11.5 Å². The second kappa shape index (κ2) is 15.9. The number of anilines is 1. The van der Waals surface area contributed by atoms with Crippen LogP contribution in [0.1, 0.15) is 42.7 Å². The van der Waals surface area contributed by atoms with Crippen molar-refractivity contribution in [1.82, 2.24) is 25.2 Å². The number of thioether (sulfide) groups is 1. The van der Waals surface area contributed by atoms with Gasteiger partial charge in [0.2, 0.25) is 33.9 Å². The Bertz CT molecular complexity index is 2060. The zero-order chi connectivity index (χ0) is 41.4. The number of rotatable bonds is 17. The van der Waals surface area contributed by atoms with E-state index in [4.69, 9.17) is 26.9 Å². The quantitative estimate of drug-likeness (QED) is 0.0316. The summed E-state index contributed by atoms with van der Waals surface area (Å²) >= 11 is 7.62. The van der Waals surface area contributed by atoms with Crippen molar-refractivity contribution in [3.63, 3.8) is 0 Å². The number of nitrogens with zero attached hydrogens (tertiary/aromatic N) is 5. The van der Waals surface area contributed by atoms with Crippen molar-refractivity contribution in [2.45, 2.75) is 42.5 Å². The molecule has 0 radical (unpaired) electrons. The Hall–Kier alpha value is -5.52. The molecule has 4 atom stereocenters. The first kappa shape index (κ1) is 41.6. The number of phenolic OH excluding ortho intramolecular Hbond substituents is 2. The monoisotopic (exact) mass is 839 g/mol. The number of urea groups is 1. The number of nitrogens with one attached hydrogen (secondary N) is 1. The van der Waals surface area contributed by atoms with Crippen LogP contribution in [0, 0.1) is 11.8 Å². The molecule has 0 spiro atoms. The number of nitrogens with two attached hydrogens (primary N) is 1. The third-order valence-electron chi connectivity index (χ3n) is 9.05. The van der Waals surface area contributed by atoms with Gasteiger partial charge in [-0.25, -0.2) is 24.4 Å². The van der Waals surface area contributed by atoms with Gasteiger partial charge in [0.1, 0.15) is 5.69 Å². The number of Topliss-reactive ketones (excluding diaryl/α,β-unsaturated/α-hetero) is 3. The van der Waals surface area contributed by atoms with Crippen LogP contribution >= 0.6 is 34.7 Å². The minimum absolute atomic E-state index is 0.0307. The van der Waals surface area contributed by atoms with Crippen molar-refractivity contribution in [1.29, 1.82) is 0 Å². The molecule has 2 aromatic rings. The van der Waals surface area contributed by atoms with Crippen LogP contribution in [-0.2, 0) is 38.3 Å². The predicted molar refractivity (Wildman–Crippen MR) is 193 cm³/mol. The number of aliphatic carboxylic acids is 2. The molecule has 0 saturated carbocycles. The molecule has 3 fully saturated rings. The van der Waals surface area contributed by atoms with Gasteiger partial charge in [-0.05, 0) is 26.0 Å². The maximum atomic E-state index is 13.7. The number of amides is 4. The maximum absolute atomic E-state index is 13.7. The number of methoxy groups -OCH3 is 1. The number of hydrogen-bond donors (Lipinski definition) is 6. The number of ketones is 3. The van der Waals surface area contributed by atoms with Gasteiger partial charge in [-0.15, -0.1) is 11.3 Å². The van der Waals surface area contributed by atoms with Gasteiger partial charge in [0, 0.05) is 37.4 Å². The Kier molecular flexibility index (Phi) is 11.8. The molecule has 4 amide bonds. The van der Waals surface area contributed by atoms with Gasteiger partial charge >= 0.3 is 18.0 Å². The van der Waals surface area contributed by atoms with Crippen molar-refractivity contribution >= 4 is 92.7 Å². The van der Waals surface area contributed by atoms with Crippen LogP contribution in [0.3, 0.4) is 0 Å². The van der Waals surface area contributed by atoms with E-state index in [1.54, 1.807) is 0 Å². The van der Waals surface area contributed by atoms with Crippen LogP contribution < -0.4 is 11.2 Å². The number of hydrazine groups is 1. The lowest BCUT2D eigenvalue weighted by molar-refractivity contribution is -0.161. The summed E-state index contributed by atoms with van der Waals surface area (Å²) in [6.07, 6.45) is -1.23. The average molecular weight is 840 g/mol. The van der Waals surface area contributed by atoms with E-state index < -0.39 is 122 Å². The van der Waals surface area contributed by atoms with Crippen LogP contribution in [-0.4, -0.2) is 142 Å².